The second kappa shape index (κ2) is 6.97. The molecule has 0 spiro atoms. The molecule has 3 rings (SSSR count). The van der Waals surface area contributed by atoms with Crippen LogP contribution in [0.4, 0.5) is 5.82 Å². The Morgan fingerprint density at radius 3 is 2.88 bits per heavy atom. The van der Waals surface area contributed by atoms with Crippen molar-refractivity contribution in [3.8, 4) is 0 Å². The molecule has 0 saturated heterocycles. The highest BCUT2D eigenvalue weighted by Gasteiger charge is 2.21. The van der Waals surface area contributed by atoms with Crippen LogP contribution >= 0.6 is 0 Å². The van der Waals surface area contributed by atoms with E-state index in [1.807, 2.05) is 6.20 Å². The molecule has 0 aromatic carbocycles. The van der Waals surface area contributed by atoms with Gasteiger partial charge < -0.3 is 14.8 Å². The normalized spacial score (nSPS) is 17.3. The molecular weight excluding hydrogens is 300 g/mol. The Morgan fingerprint density at radius 1 is 1.38 bits per heavy atom. The smallest absolute Gasteiger partial charge is 0.131 e. The standard InChI is InChI=1S/C18H30N6/c1-13(2)11-24-18(22(4)5)16(14(3)21-24)10-20-15-6-7-17-19-8-9-23(17)12-15/h8-9,13,15,20H,6-7,10-12H2,1-5H3. The van der Waals surface area contributed by atoms with Gasteiger partial charge in [-0.05, 0) is 19.3 Å². The number of aromatic nitrogens is 4. The van der Waals surface area contributed by atoms with Gasteiger partial charge in [0.2, 0.25) is 0 Å². The third kappa shape index (κ3) is 3.48. The SMILES string of the molecule is Cc1nn(CC(C)C)c(N(C)C)c1CNC1CCc2nccn2C1. The third-order valence-electron chi connectivity index (χ3n) is 4.69. The molecule has 1 unspecified atom stereocenters. The molecule has 1 aliphatic rings. The van der Waals surface area contributed by atoms with Crippen molar-refractivity contribution in [1.29, 1.82) is 0 Å². The maximum atomic E-state index is 4.78. The lowest BCUT2D eigenvalue weighted by Gasteiger charge is -2.25. The highest BCUT2D eigenvalue weighted by molar-refractivity contribution is 5.49. The molecule has 2 aromatic heterocycles. The van der Waals surface area contributed by atoms with Crippen molar-refractivity contribution >= 4 is 5.82 Å². The zero-order chi connectivity index (χ0) is 17.3. The summed E-state index contributed by atoms with van der Waals surface area (Å²) in [4.78, 5) is 6.60. The molecule has 0 amide bonds. The summed E-state index contributed by atoms with van der Waals surface area (Å²) < 4.78 is 4.43. The molecule has 1 N–H and O–H groups in total. The topological polar surface area (TPSA) is 50.9 Å². The van der Waals surface area contributed by atoms with Gasteiger partial charge in [-0.2, -0.15) is 5.10 Å². The Kier molecular flexibility index (Phi) is 4.94. The molecule has 1 aliphatic heterocycles. The first-order chi connectivity index (χ1) is 11.5. The van der Waals surface area contributed by atoms with E-state index >= 15 is 0 Å². The zero-order valence-electron chi connectivity index (χ0n) is 15.6. The van der Waals surface area contributed by atoms with E-state index in [1.165, 1.54) is 17.2 Å². The van der Waals surface area contributed by atoms with Crippen LogP contribution in [-0.2, 0) is 26.1 Å². The van der Waals surface area contributed by atoms with Gasteiger partial charge in [-0.3, -0.25) is 0 Å². The molecule has 1 atom stereocenters. The predicted molar refractivity (Wildman–Crippen MR) is 97.3 cm³/mol. The van der Waals surface area contributed by atoms with Crippen molar-refractivity contribution in [3.63, 3.8) is 0 Å². The number of imidazole rings is 1. The Morgan fingerprint density at radius 2 is 2.17 bits per heavy atom. The van der Waals surface area contributed by atoms with Gasteiger partial charge in [-0.1, -0.05) is 13.8 Å². The molecule has 2 aromatic rings. The molecule has 6 heteroatoms. The first-order valence-corrected chi connectivity index (χ1v) is 8.92. The first-order valence-electron chi connectivity index (χ1n) is 8.92. The molecule has 132 valence electrons. The van der Waals surface area contributed by atoms with E-state index < -0.39 is 0 Å². The Balaban J connectivity index is 1.72. The number of fused-ring (bicyclic) bond motifs is 1. The molecular formula is C18H30N6. The Hall–Kier alpha value is -1.82. The minimum Gasteiger partial charge on any atom is -0.363 e. The zero-order valence-corrected chi connectivity index (χ0v) is 15.6. The summed E-state index contributed by atoms with van der Waals surface area (Å²) >= 11 is 0. The van der Waals surface area contributed by atoms with Gasteiger partial charge in [-0.15, -0.1) is 0 Å². The molecule has 0 saturated carbocycles. The minimum absolute atomic E-state index is 0.495. The molecule has 0 aliphatic carbocycles. The highest BCUT2D eigenvalue weighted by Crippen LogP contribution is 2.24. The van der Waals surface area contributed by atoms with Crippen LogP contribution < -0.4 is 10.2 Å². The molecule has 0 radical (unpaired) electrons. The van der Waals surface area contributed by atoms with Crippen molar-refractivity contribution in [2.75, 3.05) is 19.0 Å². The van der Waals surface area contributed by atoms with E-state index in [9.17, 15) is 0 Å². The maximum absolute atomic E-state index is 4.78. The fourth-order valence-electron chi connectivity index (χ4n) is 3.57. The lowest BCUT2D eigenvalue weighted by Crippen LogP contribution is -2.37. The van der Waals surface area contributed by atoms with Crippen LogP contribution in [0.1, 0.15) is 37.4 Å². The van der Waals surface area contributed by atoms with E-state index in [1.54, 1.807) is 0 Å². The van der Waals surface area contributed by atoms with E-state index in [0.717, 1.165) is 38.2 Å². The average Bonchev–Trinajstić information content (AvgIpc) is 3.08. The van der Waals surface area contributed by atoms with Crippen LogP contribution in [0.5, 0.6) is 0 Å². The van der Waals surface area contributed by atoms with Crippen LogP contribution in [0.2, 0.25) is 0 Å². The third-order valence-corrected chi connectivity index (χ3v) is 4.69. The van der Waals surface area contributed by atoms with Crippen LogP contribution in [0, 0.1) is 12.8 Å². The maximum Gasteiger partial charge on any atom is 0.131 e. The van der Waals surface area contributed by atoms with Gasteiger partial charge in [0.15, 0.2) is 0 Å². The number of nitrogens with one attached hydrogen (secondary N) is 1. The molecule has 6 nitrogen and oxygen atoms in total. The van der Waals surface area contributed by atoms with Gasteiger partial charge in [-0.25, -0.2) is 9.67 Å². The van der Waals surface area contributed by atoms with Crippen LogP contribution in [0.3, 0.4) is 0 Å². The summed E-state index contributed by atoms with van der Waals surface area (Å²) in [5.74, 6) is 3.03. The van der Waals surface area contributed by atoms with Gasteiger partial charge >= 0.3 is 0 Å². The minimum atomic E-state index is 0.495. The molecule has 0 bridgehead atoms. The summed E-state index contributed by atoms with van der Waals surface area (Å²) in [6.07, 6.45) is 6.19. The predicted octanol–water partition coefficient (Wildman–Crippen LogP) is 2.21. The van der Waals surface area contributed by atoms with Gasteiger partial charge in [0.25, 0.3) is 0 Å². The highest BCUT2D eigenvalue weighted by atomic mass is 15.4. The summed E-state index contributed by atoms with van der Waals surface area (Å²) in [7, 11) is 4.21. The number of aryl methyl sites for hydroxylation is 2. The second-order valence-electron chi connectivity index (χ2n) is 7.47. The largest absolute Gasteiger partial charge is 0.363 e. The van der Waals surface area contributed by atoms with Gasteiger partial charge in [0.1, 0.15) is 11.6 Å². The monoisotopic (exact) mass is 330 g/mol. The first kappa shape index (κ1) is 17.0. The Labute approximate surface area is 144 Å². The van der Waals surface area contributed by atoms with Crippen LogP contribution in [-0.4, -0.2) is 39.5 Å². The van der Waals surface area contributed by atoms with Crippen LogP contribution in [0.25, 0.3) is 0 Å². The van der Waals surface area contributed by atoms with E-state index in [4.69, 9.17) is 5.10 Å². The van der Waals surface area contributed by atoms with Crippen molar-refractivity contribution in [1.82, 2.24) is 24.6 Å². The lowest BCUT2D eigenvalue weighted by molar-refractivity contribution is 0.378. The average molecular weight is 330 g/mol. The summed E-state index contributed by atoms with van der Waals surface area (Å²) in [6, 6.07) is 0.495. The van der Waals surface area contributed by atoms with Crippen molar-refractivity contribution < 1.29 is 0 Å². The lowest BCUT2D eigenvalue weighted by atomic mass is 10.1. The van der Waals surface area contributed by atoms with E-state index in [0.29, 0.717) is 12.0 Å². The second-order valence-corrected chi connectivity index (χ2v) is 7.47. The number of nitrogens with zero attached hydrogens (tertiary/aromatic N) is 5. The van der Waals surface area contributed by atoms with Gasteiger partial charge in [0.05, 0.1) is 5.69 Å². The van der Waals surface area contributed by atoms with Crippen molar-refractivity contribution in [2.24, 2.45) is 5.92 Å². The molecule has 0 fully saturated rings. The summed E-state index contributed by atoms with van der Waals surface area (Å²) in [5.41, 5.74) is 2.45. The van der Waals surface area contributed by atoms with Gasteiger partial charge in [0, 0.05) is 64.1 Å². The molecule has 3 heterocycles. The summed E-state index contributed by atoms with van der Waals surface area (Å²) in [6.45, 7) is 9.42. The van der Waals surface area contributed by atoms with E-state index in [2.05, 4.69) is 65.5 Å². The van der Waals surface area contributed by atoms with Crippen LogP contribution in [0.15, 0.2) is 12.4 Å². The number of anilines is 1. The van der Waals surface area contributed by atoms with E-state index in [-0.39, 0.29) is 0 Å². The Bertz CT molecular complexity index is 682. The van der Waals surface area contributed by atoms with Crippen molar-refractivity contribution in [2.45, 2.75) is 59.3 Å². The quantitative estimate of drug-likeness (QED) is 0.882. The number of hydrogen-bond donors (Lipinski definition) is 1. The number of hydrogen-bond acceptors (Lipinski definition) is 4. The fraction of sp³-hybridized carbons (Fsp3) is 0.667. The van der Waals surface area contributed by atoms with Crippen molar-refractivity contribution in [3.05, 3.63) is 29.5 Å². The fourth-order valence-corrected chi connectivity index (χ4v) is 3.57. The molecule has 24 heavy (non-hydrogen) atoms. The summed E-state index contributed by atoms with van der Waals surface area (Å²) in [5, 5.41) is 8.53. The number of rotatable bonds is 6.